The lowest BCUT2D eigenvalue weighted by atomic mass is 9.40. The zero-order valence-corrected chi connectivity index (χ0v) is 34.2. The molecular formula is C50H79B. The Morgan fingerprint density at radius 1 is 0.627 bits per heavy atom. The molecule has 0 nitrogen and oxygen atoms in total. The van der Waals surface area contributed by atoms with Gasteiger partial charge in [-0.15, -0.1) is 0 Å². The topological polar surface area (TPSA) is 0 Å². The van der Waals surface area contributed by atoms with Crippen LogP contribution in [0, 0.1) is 93.7 Å². The largest absolute Gasteiger partial charge is 0.106 e. The van der Waals surface area contributed by atoms with Crippen molar-refractivity contribution >= 4 is 7.85 Å². The highest BCUT2D eigenvalue weighted by Gasteiger charge is 2.64. The van der Waals surface area contributed by atoms with Gasteiger partial charge in [0.05, 0.1) is 0 Å². The highest BCUT2D eigenvalue weighted by atomic mass is 14.7. The number of hydrogen-bond donors (Lipinski definition) is 0. The van der Waals surface area contributed by atoms with Gasteiger partial charge in [-0.05, 0) is 171 Å². The molecule has 0 aromatic carbocycles. The molecule has 282 valence electrons. The maximum atomic E-state index is 3.05. The number of allylic oxidation sites excluding steroid dienone is 6. The molecule has 1 heteroatoms. The lowest BCUT2D eigenvalue weighted by Crippen LogP contribution is -2.57. The van der Waals surface area contributed by atoms with Crippen molar-refractivity contribution < 1.29 is 0 Å². The fraction of sp³-hybridized carbons (Fsp3) is 0.880. The molecule has 16 unspecified atom stereocenters. The van der Waals surface area contributed by atoms with Gasteiger partial charge in [0.2, 0.25) is 0 Å². The summed E-state index contributed by atoms with van der Waals surface area (Å²) in [5.41, 5.74) is 5.09. The first-order valence-corrected chi connectivity index (χ1v) is 23.9. The minimum absolute atomic E-state index is 0.543. The standard InChI is InChI=1S/C50H79B/c1-32-21-23-34(3)46-42(29-32)48(43-18-10-11-20-45(51)49(43,4)44-19-12-13-25-50(44)26-27-50)41-28-33(2)22-24-40(41)47(46)37-30-35-14-6-5-7-16-38(35)39-17-9-8-15-36(39)31-37/h9,17,30-34,37-48H,5-8,10-16,18-29,51H2,1-4H3. The number of hydrogen-bond acceptors (Lipinski definition) is 0. The number of rotatable bonds is 3. The fourth-order valence-electron chi connectivity index (χ4n) is 17.1. The van der Waals surface area contributed by atoms with Crippen LogP contribution in [0.25, 0.3) is 0 Å². The highest BCUT2D eigenvalue weighted by molar-refractivity contribution is 6.12. The van der Waals surface area contributed by atoms with Gasteiger partial charge in [0.1, 0.15) is 7.85 Å². The van der Waals surface area contributed by atoms with Crippen molar-refractivity contribution in [3.63, 3.8) is 0 Å². The molecule has 9 aliphatic carbocycles. The Kier molecular flexibility index (Phi) is 10.2. The van der Waals surface area contributed by atoms with E-state index < -0.39 is 0 Å². The van der Waals surface area contributed by atoms with Crippen LogP contribution >= 0.6 is 0 Å². The quantitative estimate of drug-likeness (QED) is 0.157. The van der Waals surface area contributed by atoms with Crippen molar-refractivity contribution in [3.05, 3.63) is 35.5 Å². The van der Waals surface area contributed by atoms with E-state index in [0.29, 0.717) is 17.3 Å². The summed E-state index contributed by atoms with van der Waals surface area (Å²) in [7, 11) is 2.80. The van der Waals surface area contributed by atoms with E-state index in [9.17, 15) is 0 Å². The summed E-state index contributed by atoms with van der Waals surface area (Å²) in [6.07, 6.45) is 45.8. The van der Waals surface area contributed by atoms with Crippen molar-refractivity contribution in [3.8, 4) is 0 Å². The monoisotopic (exact) mass is 691 g/mol. The third-order valence-electron chi connectivity index (χ3n) is 19.6. The molecule has 0 radical (unpaired) electrons. The van der Waals surface area contributed by atoms with E-state index in [1.165, 1.54) is 96.3 Å². The molecule has 0 N–H and O–H groups in total. The molecule has 9 rings (SSSR count). The van der Waals surface area contributed by atoms with E-state index in [4.69, 9.17) is 0 Å². The molecule has 7 fully saturated rings. The van der Waals surface area contributed by atoms with Crippen LogP contribution in [-0.4, -0.2) is 7.85 Å². The van der Waals surface area contributed by atoms with E-state index in [0.717, 1.165) is 82.2 Å². The summed E-state index contributed by atoms with van der Waals surface area (Å²) in [4.78, 5) is 0. The second kappa shape index (κ2) is 14.4. The molecule has 0 bridgehead atoms. The van der Waals surface area contributed by atoms with Gasteiger partial charge in [-0.2, -0.15) is 0 Å². The second-order valence-corrected chi connectivity index (χ2v) is 22.1. The Morgan fingerprint density at radius 3 is 2.22 bits per heavy atom. The van der Waals surface area contributed by atoms with Gasteiger partial charge in [-0.3, -0.25) is 0 Å². The Morgan fingerprint density at radius 2 is 1.37 bits per heavy atom. The first-order chi connectivity index (χ1) is 24.8. The van der Waals surface area contributed by atoms with E-state index in [1.807, 2.05) is 11.1 Å². The van der Waals surface area contributed by atoms with Crippen molar-refractivity contribution in [1.82, 2.24) is 0 Å². The predicted octanol–water partition coefficient (Wildman–Crippen LogP) is 13.6. The van der Waals surface area contributed by atoms with Crippen LogP contribution in [-0.2, 0) is 0 Å². The minimum Gasteiger partial charge on any atom is -0.0876 e. The summed E-state index contributed by atoms with van der Waals surface area (Å²) in [5.74, 6) is 13.5. The average Bonchev–Trinajstić information content (AvgIpc) is 3.97. The van der Waals surface area contributed by atoms with Gasteiger partial charge in [0.25, 0.3) is 0 Å². The van der Waals surface area contributed by atoms with Crippen LogP contribution < -0.4 is 0 Å². The third-order valence-corrected chi connectivity index (χ3v) is 19.6. The molecule has 0 aromatic rings. The zero-order chi connectivity index (χ0) is 34.9. The molecule has 0 saturated heterocycles. The number of fused-ring (bicyclic) bond motifs is 5. The van der Waals surface area contributed by atoms with Crippen LogP contribution in [0.5, 0.6) is 0 Å². The van der Waals surface area contributed by atoms with Gasteiger partial charge >= 0.3 is 0 Å². The molecule has 51 heavy (non-hydrogen) atoms. The van der Waals surface area contributed by atoms with Crippen LogP contribution in [0.15, 0.2) is 35.5 Å². The Bertz CT molecular complexity index is 1330. The van der Waals surface area contributed by atoms with Crippen LogP contribution in [0.1, 0.15) is 175 Å². The second-order valence-electron chi connectivity index (χ2n) is 22.1. The first-order valence-electron chi connectivity index (χ1n) is 23.9. The molecule has 0 amide bonds. The van der Waals surface area contributed by atoms with Crippen molar-refractivity contribution in [2.45, 2.75) is 181 Å². The molecule has 0 heterocycles. The van der Waals surface area contributed by atoms with Gasteiger partial charge < -0.3 is 0 Å². The molecule has 0 aliphatic heterocycles. The lowest BCUT2D eigenvalue weighted by Gasteiger charge is -2.63. The maximum Gasteiger partial charge on any atom is 0.106 e. The normalized spacial score (nSPS) is 51.2. The summed E-state index contributed by atoms with van der Waals surface area (Å²) >= 11 is 0. The van der Waals surface area contributed by atoms with Crippen molar-refractivity contribution in [2.24, 2.45) is 93.7 Å². The van der Waals surface area contributed by atoms with E-state index in [2.05, 4.69) is 59.8 Å². The Hall–Kier alpha value is -0.715. The SMILES string of the molecule is BC1CCCCC(C2C3CC(C)CCC3C(C3C=C4CCC=CC4C4CCCCCC4=C3)C3C(C)CCC(C)CC32)C1(C)C1CCCCC12CC2. The molecule has 16 atom stereocenters. The van der Waals surface area contributed by atoms with Crippen molar-refractivity contribution in [1.29, 1.82) is 0 Å². The van der Waals surface area contributed by atoms with E-state index in [1.54, 1.807) is 51.4 Å². The zero-order valence-electron chi connectivity index (χ0n) is 34.2. The van der Waals surface area contributed by atoms with Crippen LogP contribution in [0.4, 0.5) is 0 Å². The van der Waals surface area contributed by atoms with Gasteiger partial charge in [-0.1, -0.05) is 133 Å². The van der Waals surface area contributed by atoms with Crippen molar-refractivity contribution in [2.75, 3.05) is 0 Å². The third kappa shape index (κ3) is 6.30. The molecule has 1 spiro atoms. The summed E-state index contributed by atoms with van der Waals surface area (Å²) in [6.45, 7) is 11.2. The van der Waals surface area contributed by atoms with E-state index in [-0.39, 0.29) is 0 Å². The smallest absolute Gasteiger partial charge is 0.0876 e. The van der Waals surface area contributed by atoms with Crippen LogP contribution in [0.3, 0.4) is 0 Å². The van der Waals surface area contributed by atoms with Gasteiger partial charge in [0, 0.05) is 5.92 Å². The summed E-state index contributed by atoms with van der Waals surface area (Å²) in [5, 5.41) is 0. The maximum absolute atomic E-state index is 3.05. The van der Waals surface area contributed by atoms with Gasteiger partial charge in [-0.25, -0.2) is 0 Å². The fourth-order valence-corrected chi connectivity index (χ4v) is 17.1. The summed E-state index contributed by atoms with van der Waals surface area (Å²) in [6, 6.07) is 0. The molecule has 7 saturated carbocycles. The highest BCUT2D eigenvalue weighted by Crippen LogP contribution is 2.72. The first kappa shape index (κ1) is 36.0. The molecular weight excluding hydrogens is 611 g/mol. The molecule has 0 aromatic heterocycles. The Balaban J connectivity index is 1.18. The minimum atomic E-state index is 0.543. The van der Waals surface area contributed by atoms with E-state index >= 15 is 0 Å². The predicted molar refractivity (Wildman–Crippen MR) is 220 cm³/mol. The lowest BCUT2D eigenvalue weighted by molar-refractivity contribution is -0.139. The average molecular weight is 691 g/mol. The Labute approximate surface area is 317 Å². The van der Waals surface area contributed by atoms with Gasteiger partial charge in [0.15, 0.2) is 0 Å². The van der Waals surface area contributed by atoms with Crippen LogP contribution in [0.2, 0.25) is 5.82 Å². The molecule has 9 aliphatic rings. The summed E-state index contributed by atoms with van der Waals surface area (Å²) < 4.78 is 0.